The fourth-order valence-corrected chi connectivity index (χ4v) is 0.554. The molecule has 0 aliphatic carbocycles. The molecule has 11 heavy (non-hydrogen) atoms. The summed E-state index contributed by atoms with van der Waals surface area (Å²) in [6.07, 6.45) is 0.778. The molecule has 0 bridgehead atoms. The predicted molar refractivity (Wildman–Crippen MR) is 46.9 cm³/mol. The van der Waals surface area contributed by atoms with Crippen LogP contribution < -0.4 is 5.73 Å². The van der Waals surface area contributed by atoms with E-state index in [2.05, 4.69) is 0 Å². The zero-order valence-corrected chi connectivity index (χ0v) is 7.94. The normalized spacial score (nSPS) is 13.5. The molecule has 0 heterocycles. The molecule has 4 heteroatoms. The molecule has 0 aromatic heterocycles. The van der Waals surface area contributed by atoms with Crippen molar-refractivity contribution in [3.05, 3.63) is 0 Å². The third-order valence-corrected chi connectivity index (χ3v) is 2.02. The van der Waals surface area contributed by atoms with Crippen LogP contribution in [0.5, 0.6) is 0 Å². The van der Waals surface area contributed by atoms with Gasteiger partial charge in [-0.05, 0) is 11.8 Å². The lowest BCUT2D eigenvalue weighted by Gasteiger charge is -2.26. The highest BCUT2D eigenvalue weighted by atomic mass is 35.5. The van der Waals surface area contributed by atoms with Crippen molar-refractivity contribution in [2.24, 2.45) is 11.1 Å². The molecular weight excluding hydrogens is 166 g/mol. The molecule has 0 saturated carbocycles. The Morgan fingerprint density at radius 1 is 1.64 bits per heavy atom. The third-order valence-electron chi connectivity index (χ3n) is 2.02. The first kappa shape index (κ1) is 13.3. The molecule has 0 rings (SSSR count). The number of carboxylic acid groups (broad SMARTS) is 1. The number of hydrogen-bond acceptors (Lipinski definition) is 2. The summed E-state index contributed by atoms with van der Waals surface area (Å²) in [4.78, 5) is 10.4. The van der Waals surface area contributed by atoms with Gasteiger partial charge in [0.15, 0.2) is 0 Å². The van der Waals surface area contributed by atoms with Gasteiger partial charge in [-0.1, -0.05) is 20.8 Å². The molecular formula is C7H16ClNO2. The van der Waals surface area contributed by atoms with Crippen LogP contribution >= 0.6 is 12.4 Å². The number of nitrogens with two attached hydrogens (primary N) is 1. The van der Waals surface area contributed by atoms with Gasteiger partial charge in [-0.3, -0.25) is 4.79 Å². The van der Waals surface area contributed by atoms with Crippen LogP contribution in [0, 0.1) is 5.41 Å². The molecule has 0 spiro atoms. The maximum absolute atomic E-state index is 10.4. The van der Waals surface area contributed by atoms with Gasteiger partial charge >= 0.3 is 5.97 Å². The summed E-state index contributed by atoms with van der Waals surface area (Å²) in [5.74, 6) is -0.924. The fourth-order valence-electron chi connectivity index (χ4n) is 0.554. The zero-order chi connectivity index (χ0) is 8.36. The van der Waals surface area contributed by atoms with Gasteiger partial charge in [-0.2, -0.15) is 0 Å². The molecule has 0 aliphatic rings. The van der Waals surface area contributed by atoms with E-state index in [0.717, 1.165) is 6.42 Å². The first-order valence-corrected chi connectivity index (χ1v) is 3.40. The van der Waals surface area contributed by atoms with E-state index in [4.69, 9.17) is 10.8 Å². The van der Waals surface area contributed by atoms with Crippen molar-refractivity contribution >= 4 is 18.4 Å². The van der Waals surface area contributed by atoms with Crippen LogP contribution in [0.4, 0.5) is 0 Å². The van der Waals surface area contributed by atoms with E-state index >= 15 is 0 Å². The van der Waals surface area contributed by atoms with Gasteiger partial charge in [0.05, 0.1) is 0 Å². The number of aliphatic carboxylic acids is 1. The summed E-state index contributed by atoms with van der Waals surface area (Å²) in [5.41, 5.74) is 5.11. The molecule has 0 unspecified atom stereocenters. The lowest BCUT2D eigenvalue weighted by molar-refractivity contribution is -0.141. The van der Waals surface area contributed by atoms with E-state index in [9.17, 15) is 4.79 Å². The third kappa shape index (κ3) is 3.58. The van der Waals surface area contributed by atoms with Gasteiger partial charge in [-0.25, -0.2) is 0 Å². The number of carboxylic acids is 1. The summed E-state index contributed by atoms with van der Waals surface area (Å²) in [6.45, 7) is 5.64. The van der Waals surface area contributed by atoms with Crippen molar-refractivity contribution in [3.63, 3.8) is 0 Å². The largest absolute Gasteiger partial charge is 0.480 e. The zero-order valence-electron chi connectivity index (χ0n) is 7.13. The highest BCUT2D eigenvalue weighted by Gasteiger charge is 2.29. The van der Waals surface area contributed by atoms with Crippen molar-refractivity contribution in [2.75, 3.05) is 0 Å². The minimum Gasteiger partial charge on any atom is -0.480 e. The first-order valence-electron chi connectivity index (χ1n) is 3.40. The minimum absolute atomic E-state index is 0. The highest BCUT2D eigenvalue weighted by molar-refractivity contribution is 5.85. The second kappa shape index (κ2) is 4.57. The Morgan fingerprint density at radius 2 is 2.00 bits per heavy atom. The molecule has 0 amide bonds. The molecule has 68 valence electrons. The maximum atomic E-state index is 10.4. The summed E-state index contributed by atoms with van der Waals surface area (Å²) in [7, 11) is 0. The summed E-state index contributed by atoms with van der Waals surface area (Å²) < 4.78 is 0. The van der Waals surface area contributed by atoms with Crippen LogP contribution in [-0.4, -0.2) is 17.1 Å². The topological polar surface area (TPSA) is 63.3 Å². The van der Waals surface area contributed by atoms with E-state index in [1.54, 1.807) is 0 Å². The van der Waals surface area contributed by atoms with E-state index < -0.39 is 12.0 Å². The van der Waals surface area contributed by atoms with Crippen LogP contribution in [0.25, 0.3) is 0 Å². The molecule has 0 saturated heterocycles. The molecule has 0 radical (unpaired) electrons. The Labute approximate surface area is 73.4 Å². The van der Waals surface area contributed by atoms with E-state index in [0.29, 0.717) is 0 Å². The second-order valence-electron chi connectivity index (χ2n) is 3.16. The smallest absolute Gasteiger partial charge is 0.321 e. The van der Waals surface area contributed by atoms with Crippen molar-refractivity contribution in [3.8, 4) is 0 Å². The Balaban J connectivity index is 0. The lowest BCUT2D eigenvalue weighted by Crippen LogP contribution is -2.43. The van der Waals surface area contributed by atoms with Crippen LogP contribution in [0.3, 0.4) is 0 Å². The van der Waals surface area contributed by atoms with Crippen LogP contribution in [-0.2, 0) is 4.79 Å². The van der Waals surface area contributed by atoms with Crippen molar-refractivity contribution in [1.29, 1.82) is 0 Å². The molecule has 0 aromatic rings. The Morgan fingerprint density at radius 3 is 2.09 bits per heavy atom. The average Bonchev–Trinajstić information content (AvgIpc) is 1.86. The molecule has 0 fully saturated rings. The van der Waals surface area contributed by atoms with Crippen molar-refractivity contribution in [2.45, 2.75) is 33.2 Å². The Bertz CT molecular complexity index is 136. The highest BCUT2D eigenvalue weighted by Crippen LogP contribution is 2.22. The predicted octanol–water partition coefficient (Wildman–Crippen LogP) is 1.26. The SMILES string of the molecule is CCC(C)(C)[C@H](N)C(=O)O.Cl. The van der Waals surface area contributed by atoms with Crippen LogP contribution in [0.1, 0.15) is 27.2 Å². The molecule has 3 N–H and O–H groups in total. The van der Waals surface area contributed by atoms with Gasteiger partial charge in [0.25, 0.3) is 0 Å². The van der Waals surface area contributed by atoms with Crippen molar-refractivity contribution in [1.82, 2.24) is 0 Å². The Kier molecular flexibility index (Phi) is 5.53. The van der Waals surface area contributed by atoms with Crippen molar-refractivity contribution < 1.29 is 9.90 Å². The molecule has 0 aliphatic heterocycles. The fraction of sp³-hybridized carbons (Fsp3) is 0.857. The number of carbonyl (C=O) groups is 1. The standard InChI is InChI=1S/C7H15NO2.ClH/c1-4-7(2,3)5(8)6(9)10;/h5H,4,8H2,1-3H3,(H,9,10);1H/t5-;/m1./s1. The van der Waals surface area contributed by atoms with Gasteiger partial charge < -0.3 is 10.8 Å². The summed E-state index contributed by atoms with van der Waals surface area (Å²) in [6, 6.07) is -0.752. The van der Waals surface area contributed by atoms with E-state index in [-0.39, 0.29) is 17.8 Å². The molecule has 3 nitrogen and oxygen atoms in total. The van der Waals surface area contributed by atoms with Crippen LogP contribution in [0.15, 0.2) is 0 Å². The monoisotopic (exact) mass is 181 g/mol. The first-order chi connectivity index (χ1) is 4.41. The molecule has 1 atom stereocenters. The summed E-state index contributed by atoms with van der Waals surface area (Å²) >= 11 is 0. The van der Waals surface area contributed by atoms with E-state index in [1.807, 2.05) is 20.8 Å². The Hall–Kier alpha value is -0.280. The molecule has 0 aromatic carbocycles. The minimum atomic E-state index is -0.924. The van der Waals surface area contributed by atoms with Gasteiger partial charge in [0.1, 0.15) is 6.04 Å². The van der Waals surface area contributed by atoms with Gasteiger partial charge in [0, 0.05) is 0 Å². The van der Waals surface area contributed by atoms with Gasteiger partial charge in [0.2, 0.25) is 0 Å². The number of rotatable bonds is 3. The van der Waals surface area contributed by atoms with Crippen LogP contribution in [0.2, 0.25) is 0 Å². The summed E-state index contributed by atoms with van der Waals surface area (Å²) in [5, 5.41) is 8.52. The number of hydrogen-bond donors (Lipinski definition) is 2. The lowest BCUT2D eigenvalue weighted by atomic mass is 9.82. The second-order valence-corrected chi connectivity index (χ2v) is 3.16. The van der Waals surface area contributed by atoms with Gasteiger partial charge in [-0.15, -0.1) is 12.4 Å². The maximum Gasteiger partial charge on any atom is 0.321 e. The average molecular weight is 182 g/mol. The quantitative estimate of drug-likeness (QED) is 0.689. The van der Waals surface area contributed by atoms with E-state index in [1.165, 1.54) is 0 Å². The number of halogens is 1.